The lowest BCUT2D eigenvalue weighted by Crippen LogP contribution is -2.42. The number of hydrogen-bond acceptors (Lipinski definition) is 5. The summed E-state index contributed by atoms with van der Waals surface area (Å²) in [5.74, 6) is -0.964. The average Bonchev–Trinajstić information content (AvgIpc) is 2.97. The van der Waals surface area contributed by atoms with Crippen LogP contribution in [-0.2, 0) is 24.2 Å². The van der Waals surface area contributed by atoms with Gasteiger partial charge in [-0.3, -0.25) is 14.9 Å². The summed E-state index contributed by atoms with van der Waals surface area (Å²) in [5, 5.41) is 16.2. The molecule has 1 aromatic carbocycles. The first-order valence-corrected chi connectivity index (χ1v) is 9.58. The molecule has 7 heteroatoms. The van der Waals surface area contributed by atoms with Crippen molar-refractivity contribution >= 4 is 5.97 Å². The van der Waals surface area contributed by atoms with Crippen LogP contribution in [0.5, 0.6) is 0 Å². The first kappa shape index (κ1) is 18.2. The minimum absolute atomic E-state index is 0.137. The normalized spacial score (nSPS) is 21.6. The first-order chi connectivity index (χ1) is 13.2. The molecule has 1 saturated heterocycles. The van der Waals surface area contributed by atoms with Crippen molar-refractivity contribution in [1.82, 2.24) is 20.0 Å². The molecule has 7 nitrogen and oxygen atoms in total. The van der Waals surface area contributed by atoms with E-state index in [0.717, 1.165) is 63.4 Å². The van der Waals surface area contributed by atoms with E-state index in [1.807, 2.05) is 6.07 Å². The van der Waals surface area contributed by atoms with Gasteiger partial charge in [0.05, 0.1) is 6.10 Å². The van der Waals surface area contributed by atoms with Gasteiger partial charge in [-0.2, -0.15) is 5.10 Å². The topological polar surface area (TPSA) is 81.7 Å². The van der Waals surface area contributed by atoms with Crippen LogP contribution in [0.3, 0.4) is 0 Å². The molecule has 0 spiro atoms. The number of aromatic carboxylic acids is 1. The Balaban J connectivity index is 1.38. The van der Waals surface area contributed by atoms with Crippen LogP contribution >= 0.6 is 0 Å². The predicted molar refractivity (Wildman–Crippen MR) is 101 cm³/mol. The largest absolute Gasteiger partial charge is 0.476 e. The number of carbonyl (C=O) groups is 1. The van der Waals surface area contributed by atoms with Gasteiger partial charge in [0.25, 0.3) is 0 Å². The van der Waals surface area contributed by atoms with Crippen LogP contribution in [0.1, 0.15) is 33.7 Å². The maximum Gasteiger partial charge on any atom is 0.356 e. The molecular formula is C20H26N4O3. The molecular weight excluding hydrogens is 344 g/mol. The fraction of sp³-hybridized carbons (Fsp3) is 0.500. The van der Waals surface area contributed by atoms with Gasteiger partial charge < -0.3 is 9.84 Å². The van der Waals surface area contributed by atoms with Gasteiger partial charge in [-0.25, -0.2) is 4.79 Å². The highest BCUT2D eigenvalue weighted by Crippen LogP contribution is 2.21. The number of H-pyrrole nitrogens is 1. The molecule has 2 aliphatic heterocycles. The van der Waals surface area contributed by atoms with Gasteiger partial charge in [0, 0.05) is 63.6 Å². The van der Waals surface area contributed by atoms with E-state index in [1.165, 1.54) is 5.56 Å². The van der Waals surface area contributed by atoms with E-state index < -0.39 is 5.97 Å². The van der Waals surface area contributed by atoms with Crippen molar-refractivity contribution < 1.29 is 14.6 Å². The molecule has 0 bridgehead atoms. The zero-order valence-electron chi connectivity index (χ0n) is 15.4. The van der Waals surface area contributed by atoms with Crippen LogP contribution in [0.25, 0.3) is 0 Å². The Bertz CT molecular complexity index is 777. The van der Waals surface area contributed by atoms with Crippen molar-refractivity contribution in [3.8, 4) is 0 Å². The average molecular weight is 370 g/mol. The second kappa shape index (κ2) is 8.21. The Morgan fingerprint density at radius 2 is 2.11 bits per heavy atom. The van der Waals surface area contributed by atoms with Crippen LogP contribution in [0.15, 0.2) is 30.3 Å². The molecule has 1 fully saturated rings. The summed E-state index contributed by atoms with van der Waals surface area (Å²) in [6.07, 6.45) is 1.98. The maximum absolute atomic E-state index is 11.4. The lowest BCUT2D eigenvalue weighted by molar-refractivity contribution is 0.0225. The van der Waals surface area contributed by atoms with Crippen molar-refractivity contribution in [2.75, 3.05) is 32.8 Å². The number of aromatic amines is 1. The number of carboxylic acid groups (broad SMARTS) is 1. The van der Waals surface area contributed by atoms with Crippen LogP contribution in [-0.4, -0.2) is 70.0 Å². The summed E-state index contributed by atoms with van der Waals surface area (Å²) in [6.45, 7) is 5.99. The number of nitrogens with zero attached hydrogens (tertiary/aromatic N) is 3. The van der Waals surface area contributed by atoms with E-state index in [0.29, 0.717) is 6.54 Å². The van der Waals surface area contributed by atoms with E-state index in [2.05, 4.69) is 44.3 Å². The summed E-state index contributed by atoms with van der Waals surface area (Å²) in [6, 6.07) is 10.5. The molecule has 1 atom stereocenters. The Morgan fingerprint density at radius 3 is 2.93 bits per heavy atom. The SMILES string of the molecule is O=C(O)c1n[nH]c2c1CN(CC1CN(Cc3ccccc3)CCCO1)CC2. The summed E-state index contributed by atoms with van der Waals surface area (Å²) < 4.78 is 6.10. The maximum atomic E-state index is 11.4. The zero-order valence-corrected chi connectivity index (χ0v) is 15.4. The van der Waals surface area contributed by atoms with Gasteiger partial charge in [-0.1, -0.05) is 30.3 Å². The molecule has 1 unspecified atom stereocenters. The number of ether oxygens (including phenoxy) is 1. The van der Waals surface area contributed by atoms with Crippen molar-refractivity contribution in [3.63, 3.8) is 0 Å². The van der Waals surface area contributed by atoms with E-state index in [4.69, 9.17) is 4.74 Å². The minimum atomic E-state index is -0.964. The lowest BCUT2D eigenvalue weighted by Gasteiger charge is -2.31. The highest BCUT2D eigenvalue weighted by atomic mass is 16.5. The third kappa shape index (κ3) is 4.37. The highest BCUT2D eigenvalue weighted by Gasteiger charge is 2.28. The quantitative estimate of drug-likeness (QED) is 0.835. The van der Waals surface area contributed by atoms with E-state index >= 15 is 0 Å². The number of fused-ring (bicyclic) bond motifs is 1. The number of benzene rings is 1. The van der Waals surface area contributed by atoms with Crippen molar-refractivity contribution in [3.05, 3.63) is 52.8 Å². The van der Waals surface area contributed by atoms with Gasteiger partial charge in [-0.15, -0.1) is 0 Å². The third-order valence-corrected chi connectivity index (χ3v) is 5.36. The molecule has 1 aromatic heterocycles. The van der Waals surface area contributed by atoms with Gasteiger partial charge >= 0.3 is 5.97 Å². The summed E-state index contributed by atoms with van der Waals surface area (Å²) in [5.41, 5.74) is 3.26. The van der Waals surface area contributed by atoms with E-state index in [9.17, 15) is 9.90 Å². The van der Waals surface area contributed by atoms with E-state index in [-0.39, 0.29) is 11.8 Å². The Kier molecular flexibility index (Phi) is 5.52. The molecule has 2 aromatic rings. The summed E-state index contributed by atoms with van der Waals surface area (Å²) >= 11 is 0. The van der Waals surface area contributed by atoms with E-state index in [1.54, 1.807) is 0 Å². The molecule has 2 aliphatic rings. The molecule has 0 amide bonds. The fourth-order valence-corrected chi connectivity index (χ4v) is 4.04. The standard InChI is InChI=1S/C20H26N4O3/c25-20(26)19-17-14-24(9-7-18(17)21-22-19)13-16-12-23(8-4-10-27-16)11-15-5-2-1-3-6-15/h1-3,5-6,16H,4,7-14H2,(H,21,22)(H,25,26). The van der Waals surface area contributed by atoms with Gasteiger partial charge in [-0.05, 0) is 12.0 Å². The minimum Gasteiger partial charge on any atom is -0.476 e. The van der Waals surface area contributed by atoms with Crippen molar-refractivity contribution in [1.29, 1.82) is 0 Å². The van der Waals surface area contributed by atoms with Crippen molar-refractivity contribution in [2.24, 2.45) is 0 Å². The molecule has 144 valence electrons. The Morgan fingerprint density at radius 1 is 1.26 bits per heavy atom. The molecule has 0 saturated carbocycles. The Labute approximate surface area is 158 Å². The number of nitrogens with one attached hydrogen (secondary N) is 1. The number of rotatable bonds is 5. The molecule has 27 heavy (non-hydrogen) atoms. The lowest BCUT2D eigenvalue weighted by atomic mass is 10.0. The van der Waals surface area contributed by atoms with Gasteiger partial charge in [0.15, 0.2) is 5.69 Å². The number of aromatic nitrogens is 2. The molecule has 0 aliphatic carbocycles. The first-order valence-electron chi connectivity index (χ1n) is 9.58. The van der Waals surface area contributed by atoms with Gasteiger partial charge in [0.1, 0.15) is 0 Å². The summed E-state index contributed by atoms with van der Waals surface area (Å²) in [7, 11) is 0. The van der Waals surface area contributed by atoms with Crippen LogP contribution in [0, 0.1) is 0 Å². The second-order valence-corrected chi connectivity index (χ2v) is 7.39. The molecule has 0 radical (unpaired) electrons. The molecule has 3 heterocycles. The zero-order chi connectivity index (χ0) is 18.6. The van der Waals surface area contributed by atoms with Crippen LogP contribution < -0.4 is 0 Å². The monoisotopic (exact) mass is 370 g/mol. The number of hydrogen-bond donors (Lipinski definition) is 2. The summed E-state index contributed by atoms with van der Waals surface area (Å²) in [4.78, 5) is 16.1. The number of carboxylic acids is 1. The fourth-order valence-electron chi connectivity index (χ4n) is 4.04. The van der Waals surface area contributed by atoms with Gasteiger partial charge in [0.2, 0.25) is 0 Å². The van der Waals surface area contributed by atoms with Crippen LogP contribution in [0.2, 0.25) is 0 Å². The Hall–Kier alpha value is -2.22. The third-order valence-electron chi connectivity index (χ3n) is 5.36. The van der Waals surface area contributed by atoms with Crippen LogP contribution in [0.4, 0.5) is 0 Å². The van der Waals surface area contributed by atoms with Crippen molar-refractivity contribution in [2.45, 2.75) is 32.0 Å². The smallest absolute Gasteiger partial charge is 0.356 e. The second-order valence-electron chi connectivity index (χ2n) is 7.39. The highest BCUT2D eigenvalue weighted by molar-refractivity contribution is 5.87. The predicted octanol–water partition coefficient (Wildman–Crippen LogP) is 1.76. The molecule has 2 N–H and O–H groups in total. The molecule has 4 rings (SSSR count).